The maximum atomic E-state index is 11.8. The molecule has 84 valence electrons. The van der Waals surface area contributed by atoms with Crippen molar-refractivity contribution >= 4 is 22.8 Å². The number of aromatic nitrogens is 3. The average Bonchev–Trinajstić information content (AvgIpc) is 3.00. The molecule has 3 heterocycles. The van der Waals surface area contributed by atoms with Gasteiger partial charge in [-0.2, -0.15) is 0 Å². The van der Waals surface area contributed by atoms with E-state index in [1.165, 1.54) is 12.6 Å². The van der Waals surface area contributed by atoms with Crippen LogP contribution in [0, 0.1) is 0 Å². The maximum Gasteiger partial charge on any atom is 0.291 e. The zero-order valence-corrected chi connectivity index (χ0v) is 8.68. The third-order valence-corrected chi connectivity index (χ3v) is 2.32. The van der Waals surface area contributed by atoms with Gasteiger partial charge in [-0.05, 0) is 18.2 Å². The molecule has 3 rings (SSSR count). The second kappa shape index (κ2) is 3.75. The fraction of sp³-hybridized carbons (Fsp3) is 0. The molecule has 6 heteroatoms. The summed E-state index contributed by atoms with van der Waals surface area (Å²) in [6.45, 7) is 0. The van der Waals surface area contributed by atoms with Crippen LogP contribution in [0.25, 0.3) is 11.2 Å². The molecule has 0 fully saturated rings. The predicted octanol–water partition coefficient (Wildman–Crippen LogP) is 1.80. The largest absolute Gasteiger partial charge is 0.459 e. The lowest BCUT2D eigenvalue weighted by molar-refractivity contribution is 0.0997. The number of rotatable bonds is 2. The van der Waals surface area contributed by atoms with Gasteiger partial charge in [-0.15, -0.1) is 0 Å². The Bertz CT molecular complexity index is 657. The molecule has 3 aromatic heterocycles. The molecule has 0 saturated carbocycles. The van der Waals surface area contributed by atoms with Crippen molar-refractivity contribution in [3.63, 3.8) is 0 Å². The number of hydrogen-bond acceptors (Lipinski definition) is 4. The highest BCUT2D eigenvalue weighted by Crippen LogP contribution is 2.18. The summed E-state index contributed by atoms with van der Waals surface area (Å²) in [7, 11) is 0. The van der Waals surface area contributed by atoms with Crippen LogP contribution in [0.4, 0.5) is 5.69 Å². The highest BCUT2D eigenvalue weighted by molar-refractivity contribution is 6.05. The number of carbonyl (C=O) groups is 1. The monoisotopic (exact) mass is 228 g/mol. The van der Waals surface area contributed by atoms with E-state index in [0.717, 1.165) is 0 Å². The summed E-state index contributed by atoms with van der Waals surface area (Å²) >= 11 is 0. The molecule has 0 bridgehead atoms. The first kappa shape index (κ1) is 9.59. The number of H-pyrrole nitrogens is 1. The lowest BCUT2D eigenvalue weighted by atomic mass is 10.3. The molecule has 0 aliphatic carbocycles. The van der Waals surface area contributed by atoms with Gasteiger partial charge in [-0.1, -0.05) is 0 Å². The van der Waals surface area contributed by atoms with Crippen molar-refractivity contribution in [2.24, 2.45) is 0 Å². The van der Waals surface area contributed by atoms with Crippen LogP contribution in [0.2, 0.25) is 0 Å². The summed E-state index contributed by atoms with van der Waals surface area (Å²) in [6, 6.07) is 4.95. The van der Waals surface area contributed by atoms with Crippen LogP contribution in [0.3, 0.4) is 0 Å². The van der Waals surface area contributed by atoms with Crippen molar-refractivity contribution in [2.45, 2.75) is 0 Å². The first-order valence-electron chi connectivity index (χ1n) is 4.97. The van der Waals surface area contributed by atoms with Gasteiger partial charge in [0.05, 0.1) is 18.3 Å². The summed E-state index contributed by atoms with van der Waals surface area (Å²) < 4.78 is 5.01. The number of carbonyl (C=O) groups excluding carboxylic acids is 1. The molecule has 3 aromatic rings. The number of fused-ring (bicyclic) bond motifs is 1. The Morgan fingerprint density at radius 3 is 3.12 bits per heavy atom. The summed E-state index contributed by atoms with van der Waals surface area (Å²) in [5.74, 6) is -0.0495. The number of pyridine rings is 1. The van der Waals surface area contributed by atoms with E-state index < -0.39 is 0 Å². The number of furan rings is 1. The normalized spacial score (nSPS) is 10.6. The summed E-state index contributed by atoms with van der Waals surface area (Å²) in [4.78, 5) is 22.8. The summed E-state index contributed by atoms with van der Waals surface area (Å²) in [5.41, 5.74) is 1.86. The lowest BCUT2D eigenvalue weighted by Crippen LogP contribution is -2.11. The van der Waals surface area contributed by atoms with Crippen molar-refractivity contribution in [1.29, 1.82) is 0 Å². The van der Waals surface area contributed by atoms with Crippen LogP contribution in [0.5, 0.6) is 0 Å². The first-order valence-corrected chi connectivity index (χ1v) is 4.97. The number of nitrogens with one attached hydrogen (secondary N) is 2. The van der Waals surface area contributed by atoms with Gasteiger partial charge in [0.2, 0.25) is 0 Å². The molecule has 2 N–H and O–H groups in total. The van der Waals surface area contributed by atoms with Gasteiger partial charge in [0, 0.05) is 6.20 Å². The van der Waals surface area contributed by atoms with Gasteiger partial charge in [0.15, 0.2) is 11.4 Å². The molecule has 0 unspecified atom stereocenters. The highest BCUT2D eigenvalue weighted by Gasteiger charge is 2.11. The van der Waals surface area contributed by atoms with E-state index in [0.29, 0.717) is 16.9 Å². The third-order valence-electron chi connectivity index (χ3n) is 2.32. The lowest BCUT2D eigenvalue weighted by Gasteiger charge is -2.03. The van der Waals surface area contributed by atoms with Gasteiger partial charge in [-0.25, -0.2) is 9.97 Å². The maximum absolute atomic E-state index is 11.8. The van der Waals surface area contributed by atoms with Gasteiger partial charge in [0.25, 0.3) is 5.91 Å². The molecular weight excluding hydrogens is 220 g/mol. The van der Waals surface area contributed by atoms with E-state index >= 15 is 0 Å². The Morgan fingerprint density at radius 1 is 1.35 bits per heavy atom. The van der Waals surface area contributed by atoms with Crippen molar-refractivity contribution < 1.29 is 9.21 Å². The van der Waals surface area contributed by atoms with E-state index in [1.807, 2.05) is 0 Å². The Balaban J connectivity index is 1.95. The quantitative estimate of drug-likeness (QED) is 0.700. The minimum Gasteiger partial charge on any atom is -0.459 e. The van der Waals surface area contributed by atoms with Gasteiger partial charge in [0.1, 0.15) is 5.52 Å². The van der Waals surface area contributed by atoms with E-state index in [4.69, 9.17) is 4.42 Å². The predicted molar refractivity (Wildman–Crippen MR) is 60.5 cm³/mol. The molecule has 0 saturated heterocycles. The van der Waals surface area contributed by atoms with Gasteiger partial charge < -0.3 is 14.7 Å². The fourth-order valence-electron chi connectivity index (χ4n) is 1.54. The number of hydrogen-bond donors (Lipinski definition) is 2. The fourth-order valence-corrected chi connectivity index (χ4v) is 1.54. The smallest absolute Gasteiger partial charge is 0.291 e. The van der Waals surface area contributed by atoms with Crippen LogP contribution in [0.1, 0.15) is 10.6 Å². The second-order valence-corrected chi connectivity index (χ2v) is 3.39. The Morgan fingerprint density at radius 2 is 2.29 bits per heavy atom. The first-order chi connectivity index (χ1) is 8.34. The summed E-state index contributed by atoms with van der Waals surface area (Å²) in [6.07, 6.45) is 4.56. The molecule has 0 spiro atoms. The molecular formula is C11H8N4O2. The number of anilines is 1. The van der Waals surface area contributed by atoms with E-state index in [2.05, 4.69) is 20.3 Å². The van der Waals surface area contributed by atoms with Crippen molar-refractivity contribution in [3.8, 4) is 0 Å². The van der Waals surface area contributed by atoms with Gasteiger partial charge >= 0.3 is 0 Å². The van der Waals surface area contributed by atoms with Crippen molar-refractivity contribution in [1.82, 2.24) is 15.0 Å². The van der Waals surface area contributed by atoms with Crippen LogP contribution >= 0.6 is 0 Å². The number of nitrogens with zero attached hydrogens (tertiary/aromatic N) is 2. The molecule has 6 nitrogen and oxygen atoms in total. The number of amides is 1. The van der Waals surface area contributed by atoms with Crippen LogP contribution in [0.15, 0.2) is 41.4 Å². The van der Waals surface area contributed by atoms with Crippen molar-refractivity contribution in [2.75, 3.05) is 5.32 Å². The zero-order valence-electron chi connectivity index (χ0n) is 8.68. The third kappa shape index (κ3) is 1.65. The molecule has 0 atom stereocenters. The molecule has 0 aromatic carbocycles. The minimum atomic E-state index is -0.308. The molecule has 1 amide bonds. The molecule has 0 aliphatic heterocycles. The Kier molecular flexibility index (Phi) is 2.11. The topological polar surface area (TPSA) is 83.8 Å². The van der Waals surface area contributed by atoms with Crippen LogP contribution < -0.4 is 5.32 Å². The van der Waals surface area contributed by atoms with Crippen molar-refractivity contribution in [3.05, 3.63) is 42.7 Å². The molecule has 17 heavy (non-hydrogen) atoms. The van der Waals surface area contributed by atoms with E-state index in [-0.39, 0.29) is 11.7 Å². The Labute approximate surface area is 95.7 Å². The van der Waals surface area contributed by atoms with E-state index in [1.54, 1.807) is 24.4 Å². The SMILES string of the molecule is O=C(Nc1ccnc2nc[nH]c12)c1ccco1. The van der Waals surface area contributed by atoms with E-state index in [9.17, 15) is 4.79 Å². The van der Waals surface area contributed by atoms with Gasteiger partial charge in [-0.3, -0.25) is 4.79 Å². The second-order valence-electron chi connectivity index (χ2n) is 3.39. The van der Waals surface area contributed by atoms with Crippen LogP contribution in [-0.4, -0.2) is 20.9 Å². The molecule has 0 aliphatic rings. The number of imidazole rings is 1. The minimum absolute atomic E-state index is 0.259. The number of aromatic amines is 1. The highest BCUT2D eigenvalue weighted by atomic mass is 16.3. The van der Waals surface area contributed by atoms with Crippen LogP contribution in [-0.2, 0) is 0 Å². The molecule has 0 radical (unpaired) electrons. The summed E-state index contributed by atoms with van der Waals surface area (Å²) in [5, 5.41) is 2.73. The average molecular weight is 228 g/mol. The Hall–Kier alpha value is -2.63. The standard InChI is InChI=1S/C11H8N4O2/c16-11(8-2-1-5-17-8)15-7-3-4-12-10-9(7)13-6-14-10/h1-6H,(H2,12,13,14,15,16). The zero-order chi connectivity index (χ0) is 11.7.